The minimum absolute atomic E-state index is 0.127. The second-order valence-electron chi connectivity index (χ2n) is 1.82. The minimum Gasteiger partial charge on any atom is -0.505 e. The van der Waals surface area contributed by atoms with Crippen molar-refractivity contribution in [3.8, 4) is 5.75 Å². The first kappa shape index (κ1) is 9.54. The molecule has 0 aliphatic rings. The summed E-state index contributed by atoms with van der Waals surface area (Å²) in [5, 5.41) is 9.25. The molecule has 1 aromatic carbocycles. The molecular weight excluding hydrogens is 349 g/mol. The van der Waals surface area contributed by atoms with E-state index < -0.39 is 5.82 Å². The van der Waals surface area contributed by atoms with Crippen molar-refractivity contribution in [2.75, 3.05) is 0 Å². The fraction of sp³-hybridized carbons (Fsp3) is 0. The predicted octanol–water partition coefficient (Wildman–Crippen LogP) is 3.55. The summed E-state index contributed by atoms with van der Waals surface area (Å²) < 4.78 is 13.3. The van der Waals surface area contributed by atoms with Gasteiger partial charge >= 0.3 is 0 Å². The van der Waals surface area contributed by atoms with Gasteiger partial charge in [0, 0.05) is 0 Å². The molecule has 0 atom stereocenters. The van der Waals surface area contributed by atoms with Crippen LogP contribution in [0, 0.1) is 9.39 Å². The van der Waals surface area contributed by atoms with Crippen molar-refractivity contribution in [2.45, 2.75) is 0 Å². The van der Waals surface area contributed by atoms with Gasteiger partial charge in [0.25, 0.3) is 0 Å². The van der Waals surface area contributed by atoms with Crippen LogP contribution in [0.4, 0.5) is 4.39 Å². The van der Waals surface area contributed by atoms with E-state index in [1.54, 1.807) is 22.6 Å². The maximum atomic E-state index is 12.9. The van der Waals surface area contributed by atoms with Gasteiger partial charge in [-0.1, -0.05) is 11.6 Å². The molecule has 1 rings (SSSR count). The van der Waals surface area contributed by atoms with Crippen molar-refractivity contribution < 1.29 is 9.50 Å². The van der Waals surface area contributed by atoms with E-state index in [0.29, 0.717) is 0 Å². The van der Waals surface area contributed by atoms with Crippen molar-refractivity contribution in [3.05, 3.63) is 24.9 Å². The van der Waals surface area contributed by atoms with Gasteiger partial charge in [-0.2, -0.15) is 0 Å². The summed E-state index contributed by atoms with van der Waals surface area (Å²) >= 11 is 10.2. The zero-order chi connectivity index (χ0) is 8.59. The highest BCUT2D eigenvalue weighted by Gasteiger charge is 2.12. The number of phenols is 1. The van der Waals surface area contributed by atoms with E-state index in [1.807, 2.05) is 0 Å². The van der Waals surface area contributed by atoms with E-state index in [2.05, 4.69) is 15.9 Å². The van der Waals surface area contributed by atoms with Crippen LogP contribution < -0.4 is 0 Å². The Labute approximate surface area is 89.8 Å². The molecule has 1 aromatic rings. The third kappa shape index (κ3) is 1.78. The van der Waals surface area contributed by atoms with Gasteiger partial charge in [0.05, 0.1) is 13.1 Å². The van der Waals surface area contributed by atoms with Crippen LogP contribution in [0.5, 0.6) is 5.75 Å². The van der Waals surface area contributed by atoms with Crippen molar-refractivity contribution in [1.29, 1.82) is 0 Å². The lowest BCUT2D eigenvalue weighted by Crippen LogP contribution is -1.85. The second kappa shape index (κ2) is 3.45. The third-order valence-corrected chi connectivity index (χ3v) is 2.94. The zero-order valence-electron chi connectivity index (χ0n) is 5.04. The quantitative estimate of drug-likeness (QED) is 0.431. The van der Waals surface area contributed by atoms with E-state index in [-0.39, 0.29) is 18.8 Å². The molecule has 1 nitrogen and oxygen atoms in total. The van der Waals surface area contributed by atoms with Crippen LogP contribution in [0.1, 0.15) is 0 Å². The molecule has 5 heteroatoms. The number of rotatable bonds is 0. The molecule has 0 aliphatic carbocycles. The van der Waals surface area contributed by atoms with E-state index in [4.69, 9.17) is 16.7 Å². The van der Waals surface area contributed by atoms with Crippen LogP contribution in [0.25, 0.3) is 0 Å². The predicted molar refractivity (Wildman–Crippen MR) is 53.5 cm³/mol. The van der Waals surface area contributed by atoms with E-state index in [0.717, 1.165) is 0 Å². The van der Waals surface area contributed by atoms with Crippen LogP contribution in [0.3, 0.4) is 0 Å². The molecule has 0 radical (unpaired) electrons. The van der Waals surface area contributed by atoms with Crippen molar-refractivity contribution in [3.63, 3.8) is 0 Å². The lowest BCUT2D eigenvalue weighted by Gasteiger charge is -2.02. The first-order valence-electron chi connectivity index (χ1n) is 2.56. The van der Waals surface area contributed by atoms with Gasteiger partial charge in [-0.3, -0.25) is 0 Å². The molecule has 0 aromatic heterocycles. The molecule has 0 bridgehead atoms. The topological polar surface area (TPSA) is 20.2 Å². The van der Waals surface area contributed by atoms with E-state index in [1.165, 1.54) is 6.07 Å². The van der Waals surface area contributed by atoms with Gasteiger partial charge in [0.2, 0.25) is 0 Å². The summed E-state index contributed by atoms with van der Waals surface area (Å²) in [6.07, 6.45) is 0. The summed E-state index contributed by atoms with van der Waals surface area (Å²) in [5.41, 5.74) is 0. The van der Waals surface area contributed by atoms with Gasteiger partial charge in [0.1, 0.15) is 0 Å². The summed E-state index contributed by atoms with van der Waals surface area (Å²) in [6.45, 7) is 0. The van der Waals surface area contributed by atoms with Crippen LogP contribution in [-0.2, 0) is 0 Å². The summed E-state index contributed by atoms with van der Waals surface area (Å²) in [7, 11) is 0. The minimum atomic E-state index is -0.493. The average molecular weight is 351 g/mol. The van der Waals surface area contributed by atoms with Crippen molar-refractivity contribution in [1.82, 2.24) is 0 Å². The lowest BCUT2D eigenvalue weighted by molar-refractivity contribution is 0.463. The number of aromatic hydroxyl groups is 1. The number of benzene rings is 1. The summed E-state index contributed by atoms with van der Waals surface area (Å²) in [4.78, 5) is 0. The molecule has 0 spiro atoms. The molecule has 0 unspecified atom stereocenters. The Morgan fingerprint density at radius 2 is 2.18 bits per heavy atom. The number of hydrogen-bond acceptors (Lipinski definition) is 1. The normalized spacial score (nSPS) is 10.2. The van der Waals surface area contributed by atoms with Crippen LogP contribution in [-0.4, -0.2) is 5.11 Å². The Morgan fingerprint density at radius 1 is 1.64 bits per heavy atom. The Balaban J connectivity index is 3.46. The number of phenolic OH excluding ortho intramolecular Hbond substituents is 1. The number of halogens is 4. The van der Waals surface area contributed by atoms with Crippen LogP contribution in [0.15, 0.2) is 10.5 Å². The second-order valence-corrected chi connectivity index (χ2v) is 4.16. The zero-order valence-corrected chi connectivity index (χ0v) is 9.54. The Morgan fingerprint density at radius 3 is 2.73 bits per heavy atom. The van der Waals surface area contributed by atoms with Gasteiger partial charge in [-0.25, -0.2) is 4.39 Å². The maximum Gasteiger partial charge on any atom is 0.154 e. The molecule has 0 heterocycles. The smallest absolute Gasteiger partial charge is 0.154 e. The molecule has 11 heavy (non-hydrogen) atoms. The van der Waals surface area contributed by atoms with Crippen LogP contribution >= 0.6 is 50.1 Å². The number of hydrogen-bond donors (Lipinski definition) is 1. The highest BCUT2D eigenvalue weighted by molar-refractivity contribution is 14.1. The van der Waals surface area contributed by atoms with E-state index >= 15 is 0 Å². The fourth-order valence-corrected chi connectivity index (χ4v) is 2.43. The first-order chi connectivity index (χ1) is 5.04. The standard InChI is InChI=1S/C6H2BrClFIO/c7-2-1-3(8)6(11)5(10)4(2)9/h1,11H. The Kier molecular flexibility index (Phi) is 2.99. The van der Waals surface area contributed by atoms with Gasteiger partial charge in [-0.05, 0) is 44.6 Å². The Bertz CT molecular complexity index is 279. The molecule has 0 saturated carbocycles. The van der Waals surface area contributed by atoms with Gasteiger partial charge in [-0.15, -0.1) is 0 Å². The molecule has 0 aliphatic heterocycles. The maximum absolute atomic E-state index is 12.9. The highest BCUT2D eigenvalue weighted by atomic mass is 127. The summed E-state index contributed by atoms with van der Waals surface area (Å²) in [5.74, 6) is -0.708. The molecule has 0 amide bonds. The molecule has 1 N–H and O–H groups in total. The van der Waals surface area contributed by atoms with Crippen molar-refractivity contribution >= 4 is 50.1 Å². The molecule has 0 fully saturated rings. The Hall–Kier alpha value is 0.450. The third-order valence-electron chi connectivity index (χ3n) is 1.09. The first-order valence-corrected chi connectivity index (χ1v) is 4.81. The molecule has 0 saturated heterocycles. The lowest BCUT2D eigenvalue weighted by atomic mass is 10.3. The van der Waals surface area contributed by atoms with Crippen molar-refractivity contribution in [2.24, 2.45) is 0 Å². The molecular formula is C6H2BrClFIO. The van der Waals surface area contributed by atoms with E-state index in [9.17, 15) is 4.39 Å². The molecule has 60 valence electrons. The largest absolute Gasteiger partial charge is 0.505 e. The monoisotopic (exact) mass is 350 g/mol. The van der Waals surface area contributed by atoms with Gasteiger partial charge in [0.15, 0.2) is 11.6 Å². The average Bonchev–Trinajstić information content (AvgIpc) is 1.97. The summed E-state index contributed by atoms with van der Waals surface area (Å²) in [6, 6.07) is 1.31. The SMILES string of the molecule is Oc1c(Cl)cc(Br)c(F)c1I. The van der Waals surface area contributed by atoms with Crippen LogP contribution in [0.2, 0.25) is 5.02 Å². The highest BCUT2D eigenvalue weighted by Crippen LogP contribution is 2.34. The van der Waals surface area contributed by atoms with Gasteiger partial charge < -0.3 is 5.11 Å². The fourth-order valence-electron chi connectivity index (χ4n) is 0.557.